The lowest BCUT2D eigenvalue weighted by Crippen LogP contribution is -2.50. The van der Waals surface area contributed by atoms with E-state index in [0.717, 1.165) is 74.5 Å². The quantitative estimate of drug-likeness (QED) is 0.525. The summed E-state index contributed by atoms with van der Waals surface area (Å²) < 4.78 is 13.3. The number of fused-ring (bicyclic) bond motifs is 1. The van der Waals surface area contributed by atoms with Crippen LogP contribution in [-0.2, 0) is 6.42 Å². The van der Waals surface area contributed by atoms with Crippen LogP contribution in [0.4, 0.5) is 15.8 Å². The first-order valence-corrected chi connectivity index (χ1v) is 13.1. The van der Waals surface area contributed by atoms with Crippen LogP contribution >= 0.6 is 11.3 Å². The molecular formula is C27H27FN4O2S. The van der Waals surface area contributed by atoms with Crippen molar-refractivity contribution < 1.29 is 14.0 Å². The van der Waals surface area contributed by atoms with Crippen LogP contribution in [0.5, 0.6) is 0 Å². The summed E-state index contributed by atoms with van der Waals surface area (Å²) in [6, 6.07) is 12.5. The molecule has 1 aromatic heterocycles. The number of hydrogen-bond donors (Lipinski definition) is 0. The van der Waals surface area contributed by atoms with Gasteiger partial charge in [0.2, 0.25) is 0 Å². The van der Waals surface area contributed by atoms with Crippen molar-refractivity contribution in [3.05, 3.63) is 76.0 Å². The second-order valence-corrected chi connectivity index (χ2v) is 10.7. The zero-order chi connectivity index (χ0) is 23.9. The molecule has 4 heterocycles. The molecule has 0 saturated carbocycles. The van der Waals surface area contributed by atoms with Crippen molar-refractivity contribution in [2.45, 2.75) is 19.3 Å². The molecule has 6 nitrogen and oxygen atoms in total. The van der Waals surface area contributed by atoms with Crippen LogP contribution in [0.1, 0.15) is 38.6 Å². The lowest BCUT2D eigenvalue weighted by atomic mass is 9.87. The molecule has 2 aromatic carbocycles. The number of hydrogen-bond acceptors (Lipinski definition) is 5. The summed E-state index contributed by atoms with van der Waals surface area (Å²) in [4.78, 5) is 35.8. The number of nitrogens with zero attached hydrogens (tertiary/aromatic N) is 4. The first-order valence-electron chi connectivity index (χ1n) is 12.2. The third-order valence-electron chi connectivity index (χ3n) is 7.46. The largest absolute Gasteiger partial charge is 0.341 e. The van der Waals surface area contributed by atoms with E-state index in [2.05, 4.69) is 9.88 Å². The van der Waals surface area contributed by atoms with Gasteiger partial charge in [0, 0.05) is 61.2 Å². The van der Waals surface area contributed by atoms with Crippen molar-refractivity contribution >= 4 is 34.5 Å². The molecule has 3 aliphatic heterocycles. The maximum atomic E-state index is 13.3. The average molecular weight is 491 g/mol. The molecule has 6 rings (SSSR count). The van der Waals surface area contributed by atoms with Crippen LogP contribution in [0.25, 0.3) is 0 Å². The Morgan fingerprint density at radius 3 is 2.54 bits per heavy atom. The minimum atomic E-state index is -0.239. The van der Waals surface area contributed by atoms with Gasteiger partial charge in [0.25, 0.3) is 11.8 Å². The normalized spacial score (nSPS) is 19.7. The fraction of sp³-hybridized carbons (Fsp3) is 0.370. The Labute approximate surface area is 208 Å². The van der Waals surface area contributed by atoms with E-state index in [-0.39, 0.29) is 17.6 Å². The maximum absolute atomic E-state index is 13.3. The third kappa shape index (κ3) is 4.31. The zero-order valence-electron chi connectivity index (χ0n) is 19.4. The van der Waals surface area contributed by atoms with Gasteiger partial charge < -0.3 is 14.7 Å². The Hall–Kier alpha value is -3.26. The summed E-state index contributed by atoms with van der Waals surface area (Å²) >= 11 is 1.39. The van der Waals surface area contributed by atoms with E-state index in [1.165, 1.54) is 23.5 Å². The number of likely N-dealkylation sites (tertiary alicyclic amines) is 2. The summed E-state index contributed by atoms with van der Waals surface area (Å²) in [5.74, 6) is 0.899. The fourth-order valence-electron chi connectivity index (χ4n) is 5.64. The van der Waals surface area contributed by atoms with Gasteiger partial charge in [0.15, 0.2) is 5.01 Å². The van der Waals surface area contributed by atoms with Crippen LogP contribution in [0.3, 0.4) is 0 Å². The third-order valence-corrected chi connectivity index (χ3v) is 8.22. The molecule has 2 fully saturated rings. The average Bonchev–Trinajstić information content (AvgIpc) is 3.61. The van der Waals surface area contributed by atoms with Gasteiger partial charge in [-0.1, -0.05) is 0 Å². The summed E-state index contributed by atoms with van der Waals surface area (Å²) in [5, 5.41) is 2.41. The summed E-state index contributed by atoms with van der Waals surface area (Å²) in [7, 11) is 0. The Balaban J connectivity index is 1.02. The van der Waals surface area contributed by atoms with Crippen LogP contribution < -0.4 is 4.90 Å². The van der Waals surface area contributed by atoms with Crippen LogP contribution in [0, 0.1) is 17.7 Å². The van der Waals surface area contributed by atoms with Gasteiger partial charge in [-0.3, -0.25) is 9.59 Å². The lowest BCUT2D eigenvalue weighted by molar-refractivity contribution is 0.0453. The molecule has 3 aliphatic rings. The van der Waals surface area contributed by atoms with Crippen molar-refractivity contribution in [1.29, 1.82) is 0 Å². The molecule has 2 saturated heterocycles. The minimum absolute atomic E-state index is 0.0440. The van der Waals surface area contributed by atoms with Crippen molar-refractivity contribution in [2.75, 3.05) is 37.6 Å². The molecule has 2 amide bonds. The Morgan fingerprint density at radius 1 is 0.971 bits per heavy atom. The number of rotatable bonds is 5. The van der Waals surface area contributed by atoms with Gasteiger partial charge in [0.1, 0.15) is 5.82 Å². The SMILES string of the molecule is O=C(c1ccc2c(c1)CCN2c1ccc(F)cc1)N1CC(C[C@H]2CCN(C(=O)c3nccs3)C2)C1. The van der Waals surface area contributed by atoms with Gasteiger partial charge in [0.05, 0.1) is 0 Å². The fourth-order valence-corrected chi connectivity index (χ4v) is 6.24. The highest BCUT2D eigenvalue weighted by Gasteiger charge is 2.36. The number of halogens is 1. The minimum Gasteiger partial charge on any atom is -0.341 e. The number of amides is 2. The smallest absolute Gasteiger partial charge is 0.282 e. The molecule has 0 aliphatic carbocycles. The van der Waals surface area contributed by atoms with E-state index in [9.17, 15) is 14.0 Å². The second-order valence-electron chi connectivity index (χ2n) is 9.78. The molecule has 8 heteroatoms. The number of carbonyl (C=O) groups excluding carboxylic acids is 2. The zero-order valence-corrected chi connectivity index (χ0v) is 20.2. The number of aromatic nitrogens is 1. The van der Waals surface area contributed by atoms with Crippen molar-refractivity contribution in [1.82, 2.24) is 14.8 Å². The first kappa shape index (κ1) is 22.2. The number of carbonyl (C=O) groups is 2. The molecule has 3 aromatic rings. The van der Waals surface area contributed by atoms with Gasteiger partial charge >= 0.3 is 0 Å². The number of anilines is 2. The highest BCUT2D eigenvalue weighted by Crippen LogP contribution is 2.36. The summed E-state index contributed by atoms with van der Waals surface area (Å²) in [6.45, 7) is 3.98. The Bertz CT molecular complexity index is 1240. The molecule has 0 spiro atoms. The van der Waals surface area contributed by atoms with Crippen molar-refractivity contribution in [3.63, 3.8) is 0 Å². The summed E-state index contributed by atoms with van der Waals surface area (Å²) in [6.07, 6.45) is 4.63. The number of benzene rings is 2. The van der Waals surface area contributed by atoms with Gasteiger partial charge in [-0.25, -0.2) is 9.37 Å². The summed E-state index contributed by atoms with van der Waals surface area (Å²) in [5.41, 5.74) is 3.96. The highest BCUT2D eigenvalue weighted by atomic mass is 32.1. The first-order chi connectivity index (χ1) is 17.0. The van der Waals surface area contributed by atoms with Crippen molar-refractivity contribution in [3.8, 4) is 0 Å². The molecule has 0 unspecified atom stereocenters. The molecule has 0 bridgehead atoms. The molecular weight excluding hydrogens is 463 g/mol. The second kappa shape index (κ2) is 9.07. The van der Waals surface area contributed by atoms with Crippen molar-refractivity contribution in [2.24, 2.45) is 11.8 Å². The standard InChI is InChI=1S/C27H27FN4O2S/c28-22-2-4-23(5-3-22)32-11-8-20-14-21(1-6-24(20)32)26(33)31-16-19(17-31)13-18-7-10-30(15-18)27(34)25-29-9-12-35-25/h1-6,9,12,14,18-19H,7-8,10-11,13,15-17H2/t18-/m1/s1. The molecule has 0 radical (unpaired) electrons. The van der Waals surface area contributed by atoms with Gasteiger partial charge in [-0.15, -0.1) is 11.3 Å². The molecule has 180 valence electrons. The van der Waals surface area contributed by atoms with Gasteiger partial charge in [-0.05, 0) is 79.1 Å². The topological polar surface area (TPSA) is 56.8 Å². The Kier molecular flexibility index (Phi) is 5.76. The van der Waals surface area contributed by atoms with Crippen LogP contribution in [0.15, 0.2) is 54.0 Å². The Morgan fingerprint density at radius 2 is 1.77 bits per heavy atom. The molecule has 0 N–H and O–H groups in total. The van der Waals surface area contributed by atoms with E-state index in [4.69, 9.17) is 0 Å². The highest BCUT2D eigenvalue weighted by molar-refractivity contribution is 7.11. The predicted molar refractivity (Wildman–Crippen MR) is 134 cm³/mol. The predicted octanol–water partition coefficient (Wildman–Crippen LogP) is 4.60. The monoisotopic (exact) mass is 490 g/mol. The van der Waals surface area contributed by atoms with Crippen LogP contribution in [0.2, 0.25) is 0 Å². The number of thiazole rings is 1. The lowest BCUT2D eigenvalue weighted by Gasteiger charge is -2.40. The van der Waals surface area contributed by atoms with E-state index >= 15 is 0 Å². The van der Waals surface area contributed by atoms with Crippen LogP contribution in [-0.4, -0.2) is 59.3 Å². The van der Waals surface area contributed by atoms with Gasteiger partial charge in [-0.2, -0.15) is 0 Å². The molecule has 1 atom stereocenters. The maximum Gasteiger partial charge on any atom is 0.282 e. The van der Waals surface area contributed by atoms with E-state index in [1.54, 1.807) is 18.3 Å². The van der Waals surface area contributed by atoms with E-state index in [1.807, 2.05) is 33.4 Å². The van der Waals surface area contributed by atoms with E-state index in [0.29, 0.717) is 16.8 Å². The van der Waals surface area contributed by atoms with E-state index < -0.39 is 0 Å². The molecule has 35 heavy (non-hydrogen) atoms.